The summed E-state index contributed by atoms with van der Waals surface area (Å²) >= 11 is 1.39. The summed E-state index contributed by atoms with van der Waals surface area (Å²) in [5.41, 5.74) is 0.788. The van der Waals surface area contributed by atoms with Gasteiger partial charge in [0, 0.05) is 44.5 Å². The van der Waals surface area contributed by atoms with Crippen molar-refractivity contribution in [1.82, 2.24) is 24.6 Å². The Balaban J connectivity index is 1.24. The van der Waals surface area contributed by atoms with Crippen LogP contribution in [0.15, 0.2) is 53.8 Å². The van der Waals surface area contributed by atoms with Gasteiger partial charge >= 0.3 is 0 Å². The van der Waals surface area contributed by atoms with Gasteiger partial charge in [-0.1, -0.05) is 17.8 Å². The summed E-state index contributed by atoms with van der Waals surface area (Å²) < 4.78 is 21.3. The third-order valence-corrected chi connectivity index (χ3v) is 7.11. The van der Waals surface area contributed by atoms with Crippen LogP contribution in [0.3, 0.4) is 0 Å². The molecule has 2 aromatic heterocycles. The van der Waals surface area contributed by atoms with Crippen LogP contribution in [-0.2, 0) is 16.1 Å². The van der Waals surface area contributed by atoms with E-state index in [0.29, 0.717) is 30.6 Å². The Bertz CT molecular complexity index is 1100. The second-order valence-corrected chi connectivity index (χ2v) is 9.35. The predicted octanol–water partition coefficient (Wildman–Crippen LogP) is 3.10. The summed E-state index contributed by atoms with van der Waals surface area (Å²) in [5.74, 6) is 1.68. The molecule has 0 N–H and O–H groups in total. The number of aromatic nitrogens is 4. The van der Waals surface area contributed by atoms with E-state index in [-0.39, 0.29) is 23.6 Å². The summed E-state index contributed by atoms with van der Waals surface area (Å²) in [6.07, 6.45) is 3.88. The lowest BCUT2D eigenvalue weighted by molar-refractivity contribution is -0.128. The molecule has 8 nitrogen and oxygen atoms in total. The van der Waals surface area contributed by atoms with Crippen molar-refractivity contribution in [3.05, 3.63) is 54.5 Å². The molecule has 0 saturated carbocycles. The Morgan fingerprint density at radius 2 is 1.91 bits per heavy atom. The van der Waals surface area contributed by atoms with Crippen LogP contribution in [-0.4, -0.2) is 75.2 Å². The van der Waals surface area contributed by atoms with Gasteiger partial charge in [0.25, 0.3) is 0 Å². The molecule has 3 aromatic rings. The molecule has 1 aromatic carbocycles. The molecule has 2 aliphatic heterocycles. The Kier molecular flexibility index (Phi) is 7.05. The molecule has 34 heavy (non-hydrogen) atoms. The highest BCUT2D eigenvalue weighted by molar-refractivity contribution is 7.99. The van der Waals surface area contributed by atoms with E-state index < -0.39 is 0 Å². The summed E-state index contributed by atoms with van der Waals surface area (Å²) in [4.78, 5) is 21.4. The standard InChI is InChI=1S/C24H27FN6O2S/c25-19-8-6-18(7-9-19)23-27-28-24(31(23)16-20-4-3-15-33-20)34-17-22(32)30-13-11-29(12-14-30)21-5-1-2-10-26-21/h1-2,5-10,20H,3-4,11-17H2/t20-/m0/s1. The lowest BCUT2D eigenvalue weighted by Gasteiger charge is -2.35. The molecular formula is C24H27FN6O2S. The zero-order valence-corrected chi connectivity index (χ0v) is 19.7. The zero-order valence-electron chi connectivity index (χ0n) is 18.8. The topological polar surface area (TPSA) is 76.4 Å². The number of carbonyl (C=O) groups excluding carboxylic acids is 1. The summed E-state index contributed by atoms with van der Waals surface area (Å²) in [6, 6.07) is 12.1. The van der Waals surface area contributed by atoms with E-state index in [1.54, 1.807) is 18.3 Å². The van der Waals surface area contributed by atoms with E-state index in [1.165, 1.54) is 23.9 Å². The van der Waals surface area contributed by atoms with Crippen LogP contribution in [0.2, 0.25) is 0 Å². The van der Waals surface area contributed by atoms with Gasteiger partial charge < -0.3 is 14.5 Å². The molecule has 2 saturated heterocycles. The summed E-state index contributed by atoms with van der Waals surface area (Å²) in [5, 5.41) is 9.41. The van der Waals surface area contributed by atoms with Crippen molar-refractivity contribution in [1.29, 1.82) is 0 Å². The minimum Gasteiger partial charge on any atom is -0.376 e. The number of ether oxygens (including phenoxy) is 1. The fraction of sp³-hybridized carbons (Fsp3) is 0.417. The smallest absolute Gasteiger partial charge is 0.233 e. The third-order valence-electron chi connectivity index (χ3n) is 6.16. The van der Waals surface area contributed by atoms with Crippen LogP contribution in [0.5, 0.6) is 0 Å². The van der Waals surface area contributed by atoms with Crippen molar-refractivity contribution in [2.24, 2.45) is 0 Å². The van der Waals surface area contributed by atoms with Crippen molar-refractivity contribution in [2.75, 3.05) is 43.4 Å². The molecule has 0 aliphatic carbocycles. The fourth-order valence-corrected chi connectivity index (χ4v) is 5.16. The number of hydrogen-bond acceptors (Lipinski definition) is 7. The maximum absolute atomic E-state index is 13.4. The van der Waals surface area contributed by atoms with Crippen molar-refractivity contribution < 1.29 is 13.9 Å². The summed E-state index contributed by atoms with van der Waals surface area (Å²) in [6.45, 7) is 4.22. The van der Waals surface area contributed by atoms with Gasteiger partial charge in [-0.2, -0.15) is 0 Å². The van der Waals surface area contributed by atoms with E-state index in [0.717, 1.165) is 43.9 Å². The molecule has 10 heteroatoms. The SMILES string of the molecule is O=C(CSc1nnc(-c2ccc(F)cc2)n1C[C@@H]1CCCO1)N1CCN(c2ccccn2)CC1. The minimum atomic E-state index is -0.294. The van der Waals surface area contributed by atoms with E-state index in [2.05, 4.69) is 20.1 Å². The van der Waals surface area contributed by atoms with Gasteiger partial charge in [-0.25, -0.2) is 9.37 Å². The highest BCUT2D eigenvalue weighted by atomic mass is 32.2. The van der Waals surface area contributed by atoms with Gasteiger partial charge in [0.15, 0.2) is 11.0 Å². The van der Waals surface area contributed by atoms with Gasteiger partial charge in [-0.15, -0.1) is 10.2 Å². The lowest BCUT2D eigenvalue weighted by atomic mass is 10.2. The number of thioether (sulfide) groups is 1. The highest BCUT2D eigenvalue weighted by Crippen LogP contribution is 2.27. The number of benzene rings is 1. The normalized spacial score (nSPS) is 18.4. The van der Waals surface area contributed by atoms with Gasteiger partial charge in [0.2, 0.25) is 5.91 Å². The van der Waals surface area contributed by atoms with E-state index in [1.807, 2.05) is 27.7 Å². The number of halogens is 1. The molecule has 178 valence electrons. The molecule has 2 aliphatic rings. The molecule has 0 unspecified atom stereocenters. The first-order chi connectivity index (χ1) is 16.7. The maximum atomic E-state index is 13.4. The van der Waals surface area contributed by atoms with Crippen molar-refractivity contribution in [3.8, 4) is 11.4 Å². The van der Waals surface area contributed by atoms with Crippen molar-refractivity contribution in [3.63, 3.8) is 0 Å². The van der Waals surface area contributed by atoms with E-state index in [4.69, 9.17) is 4.74 Å². The molecule has 0 radical (unpaired) electrons. The van der Waals surface area contributed by atoms with Crippen LogP contribution >= 0.6 is 11.8 Å². The second kappa shape index (κ2) is 10.5. The van der Waals surface area contributed by atoms with Crippen molar-refractivity contribution in [2.45, 2.75) is 30.6 Å². The van der Waals surface area contributed by atoms with Gasteiger partial charge in [0.1, 0.15) is 11.6 Å². The maximum Gasteiger partial charge on any atom is 0.233 e. The Morgan fingerprint density at radius 1 is 1.09 bits per heavy atom. The first kappa shape index (κ1) is 22.8. The van der Waals surface area contributed by atoms with E-state index in [9.17, 15) is 9.18 Å². The second-order valence-electron chi connectivity index (χ2n) is 8.40. The van der Waals surface area contributed by atoms with Crippen LogP contribution in [0.25, 0.3) is 11.4 Å². The molecule has 1 atom stereocenters. The zero-order chi connectivity index (χ0) is 23.3. The average Bonchev–Trinajstić information content (AvgIpc) is 3.54. The monoisotopic (exact) mass is 482 g/mol. The van der Waals surface area contributed by atoms with Crippen molar-refractivity contribution >= 4 is 23.5 Å². The minimum absolute atomic E-state index is 0.0840. The molecular weight excluding hydrogens is 455 g/mol. The number of carbonyl (C=O) groups is 1. The number of rotatable bonds is 7. The first-order valence-corrected chi connectivity index (χ1v) is 12.5. The molecule has 0 spiro atoms. The number of anilines is 1. The Labute approximate surface area is 202 Å². The predicted molar refractivity (Wildman–Crippen MR) is 128 cm³/mol. The molecule has 2 fully saturated rings. The van der Waals surface area contributed by atoms with E-state index >= 15 is 0 Å². The average molecular weight is 483 g/mol. The Morgan fingerprint density at radius 3 is 2.62 bits per heavy atom. The number of pyridine rings is 1. The fourth-order valence-electron chi connectivity index (χ4n) is 4.31. The Hall–Kier alpha value is -2.98. The third kappa shape index (κ3) is 5.23. The quantitative estimate of drug-likeness (QED) is 0.479. The molecule has 5 rings (SSSR count). The van der Waals surface area contributed by atoms with Crippen LogP contribution in [0, 0.1) is 5.82 Å². The van der Waals surface area contributed by atoms with Gasteiger partial charge in [-0.3, -0.25) is 9.36 Å². The molecule has 0 bridgehead atoms. The van der Waals surface area contributed by atoms with Crippen LogP contribution in [0.4, 0.5) is 10.2 Å². The summed E-state index contributed by atoms with van der Waals surface area (Å²) in [7, 11) is 0. The molecule has 4 heterocycles. The van der Waals surface area contributed by atoms with Crippen LogP contribution < -0.4 is 4.90 Å². The molecule has 1 amide bonds. The number of nitrogens with zero attached hydrogens (tertiary/aromatic N) is 6. The number of amides is 1. The van der Waals surface area contributed by atoms with Crippen LogP contribution in [0.1, 0.15) is 12.8 Å². The first-order valence-electron chi connectivity index (χ1n) is 11.5. The lowest BCUT2D eigenvalue weighted by Crippen LogP contribution is -2.49. The largest absolute Gasteiger partial charge is 0.376 e. The van der Waals surface area contributed by atoms with Gasteiger partial charge in [0.05, 0.1) is 18.4 Å². The van der Waals surface area contributed by atoms with Gasteiger partial charge in [-0.05, 0) is 49.2 Å². The number of hydrogen-bond donors (Lipinski definition) is 0. The highest BCUT2D eigenvalue weighted by Gasteiger charge is 2.25. The number of piperazine rings is 1.